The van der Waals surface area contributed by atoms with Crippen molar-refractivity contribution in [1.29, 1.82) is 0 Å². The van der Waals surface area contributed by atoms with E-state index in [1.807, 2.05) is 6.92 Å². The highest BCUT2D eigenvalue weighted by atomic mass is 16.5. The van der Waals surface area contributed by atoms with Gasteiger partial charge in [-0.1, -0.05) is 6.92 Å². The van der Waals surface area contributed by atoms with E-state index in [0.717, 1.165) is 24.8 Å². The molecule has 0 aliphatic rings. The normalized spacial score (nSPS) is 9.59. The number of amides is 1. The predicted molar refractivity (Wildman–Crippen MR) is 63.0 cm³/mol. The molecule has 0 aliphatic carbocycles. The molecule has 92 valence electrons. The van der Waals surface area contributed by atoms with Crippen molar-refractivity contribution < 1.29 is 19.1 Å². The maximum absolute atomic E-state index is 11.3. The van der Waals surface area contributed by atoms with Gasteiger partial charge in [0.2, 0.25) is 0 Å². The van der Waals surface area contributed by atoms with Crippen molar-refractivity contribution in [2.75, 3.05) is 19.5 Å². The summed E-state index contributed by atoms with van der Waals surface area (Å²) in [6.07, 6.45) is 0.769. The lowest BCUT2D eigenvalue weighted by molar-refractivity contribution is -0.150. The Morgan fingerprint density at radius 2 is 2.00 bits per heavy atom. The smallest absolute Gasteiger partial charge is 0.396 e. The van der Waals surface area contributed by atoms with E-state index in [-0.39, 0.29) is 0 Å². The zero-order chi connectivity index (χ0) is 12.8. The van der Waals surface area contributed by atoms with Crippen LogP contribution in [0, 0.1) is 0 Å². The van der Waals surface area contributed by atoms with Gasteiger partial charge in [-0.15, -0.1) is 0 Å². The first-order valence-corrected chi connectivity index (χ1v) is 5.18. The van der Waals surface area contributed by atoms with E-state index in [4.69, 9.17) is 4.74 Å². The van der Waals surface area contributed by atoms with E-state index >= 15 is 0 Å². The fourth-order valence-electron chi connectivity index (χ4n) is 1.41. The predicted octanol–water partition coefficient (Wildman–Crippen LogP) is 1.37. The van der Waals surface area contributed by atoms with E-state index in [2.05, 4.69) is 10.1 Å². The first kappa shape index (κ1) is 13.0. The Bertz CT molecular complexity index is 429. The van der Waals surface area contributed by atoms with Crippen LogP contribution in [-0.4, -0.2) is 26.1 Å². The number of methoxy groups -OCH3 is 2. The monoisotopic (exact) mass is 237 g/mol. The van der Waals surface area contributed by atoms with Crippen LogP contribution < -0.4 is 10.1 Å². The van der Waals surface area contributed by atoms with Crippen LogP contribution in [0.1, 0.15) is 12.5 Å². The maximum atomic E-state index is 11.3. The van der Waals surface area contributed by atoms with Gasteiger partial charge >= 0.3 is 11.9 Å². The molecule has 0 unspecified atom stereocenters. The molecule has 0 bridgehead atoms. The van der Waals surface area contributed by atoms with Crippen LogP contribution in [0.15, 0.2) is 18.2 Å². The highest BCUT2D eigenvalue weighted by Crippen LogP contribution is 2.22. The number of esters is 1. The molecule has 0 fully saturated rings. The van der Waals surface area contributed by atoms with Gasteiger partial charge in [-0.05, 0) is 30.2 Å². The van der Waals surface area contributed by atoms with Crippen molar-refractivity contribution in [3.05, 3.63) is 23.8 Å². The molecule has 5 nitrogen and oxygen atoms in total. The molecule has 1 rings (SSSR count). The molecule has 1 amide bonds. The topological polar surface area (TPSA) is 64.6 Å². The minimum atomic E-state index is -0.918. The Hall–Kier alpha value is -2.04. The molecule has 17 heavy (non-hydrogen) atoms. The van der Waals surface area contributed by atoms with Crippen molar-refractivity contribution in [3.63, 3.8) is 0 Å². The van der Waals surface area contributed by atoms with Crippen molar-refractivity contribution in [1.82, 2.24) is 0 Å². The zero-order valence-electron chi connectivity index (χ0n) is 10.1. The molecule has 0 aliphatic heterocycles. The van der Waals surface area contributed by atoms with Crippen molar-refractivity contribution in [2.24, 2.45) is 0 Å². The van der Waals surface area contributed by atoms with Gasteiger partial charge in [-0.2, -0.15) is 0 Å². The van der Waals surface area contributed by atoms with Crippen LogP contribution >= 0.6 is 0 Å². The van der Waals surface area contributed by atoms with Crippen LogP contribution in [0.4, 0.5) is 5.69 Å². The lowest BCUT2D eigenvalue weighted by atomic mass is 10.1. The Balaban J connectivity index is 2.86. The van der Waals surface area contributed by atoms with E-state index in [0.29, 0.717) is 5.69 Å². The first-order chi connectivity index (χ1) is 8.12. The Labute approximate surface area is 99.7 Å². The number of carbonyl (C=O) groups excluding carboxylic acids is 2. The molecule has 1 N–H and O–H groups in total. The number of aryl methyl sites for hydroxylation is 1. The minimum absolute atomic E-state index is 0.540. The van der Waals surface area contributed by atoms with Crippen LogP contribution in [0.25, 0.3) is 0 Å². The highest BCUT2D eigenvalue weighted by molar-refractivity contribution is 6.37. The van der Waals surface area contributed by atoms with E-state index in [1.165, 1.54) is 0 Å². The van der Waals surface area contributed by atoms with Gasteiger partial charge in [0.25, 0.3) is 0 Å². The fraction of sp³-hybridized carbons (Fsp3) is 0.333. The third kappa shape index (κ3) is 3.21. The number of anilines is 1. The molecule has 0 heterocycles. The molecule has 0 aromatic heterocycles. The van der Waals surface area contributed by atoms with Crippen LogP contribution in [0.3, 0.4) is 0 Å². The summed E-state index contributed by atoms with van der Waals surface area (Å²) in [5.41, 5.74) is 1.49. The Morgan fingerprint density at radius 1 is 1.29 bits per heavy atom. The van der Waals surface area contributed by atoms with Gasteiger partial charge in [0.15, 0.2) is 0 Å². The number of ether oxygens (including phenoxy) is 2. The van der Waals surface area contributed by atoms with E-state index < -0.39 is 11.9 Å². The highest BCUT2D eigenvalue weighted by Gasteiger charge is 2.14. The summed E-state index contributed by atoms with van der Waals surface area (Å²) in [6, 6.07) is 5.17. The van der Waals surface area contributed by atoms with Gasteiger partial charge in [-0.25, -0.2) is 4.79 Å². The maximum Gasteiger partial charge on any atom is 0.396 e. The zero-order valence-corrected chi connectivity index (χ0v) is 10.1. The molecule has 0 atom stereocenters. The number of nitrogens with one attached hydrogen (secondary N) is 1. The number of rotatable bonds is 3. The van der Waals surface area contributed by atoms with E-state index in [9.17, 15) is 9.59 Å². The first-order valence-electron chi connectivity index (χ1n) is 5.18. The quantitative estimate of drug-likeness (QED) is 0.637. The third-order valence-corrected chi connectivity index (χ3v) is 2.29. The second-order valence-electron chi connectivity index (χ2n) is 3.33. The lowest BCUT2D eigenvalue weighted by Gasteiger charge is -2.09. The molecule has 0 saturated carbocycles. The van der Waals surface area contributed by atoms with Crippen LogP contribution in [0.2, 0.25) is 0 Å². The average Bonchev–Trinajstić information content (AvgIpc) is 2.37. The van der Waals surface area contributed by atoms with Crippen molar-refractivity contribution in [2.45, 2.75) is 13.3 Å². The number of hydrogen-bond donors (Lipinski definition) is 1. The molecule has 1 aromatic rings. The summed E-state index contributed by atoms with van der Waals surface area (Å²) in [7, 11) is 2.74. The van der Waals surface area contributed by atoms with Gasteiger partial charge in [0, 0.05) is 5.69 Å². The minimum Gasteiger partial charge on any atom is -0.496 e. The van der Waals surface area contributed by atoms with Gasteiger partial charge < -0.3 is 14.8 Å². The molecule has 0 radical (unpaired) electrons. The molecular formula is C12H15NO4. The Kier molecular flexibility index (Phi) is 4.51. The second-order valence-corrected chi connectivity index (χ2v) is 3.33. The van der Waals surface area contributed by atoms with Crippen LogP contribution in [0.5, 0.6) is 5.75 Å². The van der Waals surface area contributed by atoms with E-state index in [1.54, 1.807) is 25.3 Å². The number of benzene rings is 1. The summed E-state index contributed by atoms with van der Waals surface area (Å²) in [6.45, 7) is 1.98. The summed E-state index contributed by atoms with van der Waals surface area (Å²) in [5.74, 6) is -0.956. The molecule has 0 saturated heterocycles. The molecule has 5 heteroatoms. The van der Waals surface area contributed by atoms with Crippen LogP contribution in [-0.2, 0) is 20.7 Å². The summed E-state index contributed by atoms with van der Waals surface area (Å²) in [4.78, 5) is 22.2. The third-order valence-electron chi connectivity index (χ3n) is 2.29. The number of carbonyl (C=O) groups is 2. The SMILES string of the molecule is CCc1cc(NC(=O)C(=O)OC)ccc1OC. The van der Waals surface area contributed by atoms with Gasteiger partial charge in [-0.3, -0.25) is 4.79 Å². The van der Waals surface area contributed by atoms with Gasteiger partial charge in [0.05, 0.1) is 14.2 Å². The summed E-state index contributed by atoms with van der Waals surface area (Å²) < 4.78 is 9.47. The Morgan fingerprint density at radius 3 is 2.53 bits per heavy atom. The molecule has 0 spiro atoms. The molecule has 1 aromatic carbocycles. The largest absolute Gasteiger partial charge is 0.496 e. The molecular weight excluding hydrogens is 222 g/mol. The van der Waals surface area contributed by atoms with Crippen molar-refractivity contribution in [3.8, 4) is 5.75 Å². The van der Waals surface area contributed by atoms with Gasteiger partial charge in [0.1, 0.15) is 5.75 Å². The summed E-state index contributed by atoms with van der Waals surface area (Å²) in [5, 5.41) is 2.45. The number of hydrogen-bond acceptors (Lipinski definition) is 4. The standard InChI is InChI=1S/C12H15NO4/c1-4-8-7-9(5-6-10(8)16-2)13-11(14)12(15)17-3/h5-7H,4H2,1-3H3,(H,13,14). The average molecular weight is 237 g/mol. The lowest BCUT2D eigenvalue weighted by Crippen LogP contribution is -2.23. The van der Waals surface area contributed by atoms with Crippen molar-refractivity contribution >= 4 is 17.6 Å². The second kappa shape index (κ2) is 5.89. The fourth-order valence-corrected chi connectivity index (χ4v) is 1.41. The summed E-state index contributed by atoms with van der Waals surface area (Å²) >= 11 is 0.